The van der Waals surface area contributed by atoms with Gasteiger partial charge in [0.15, 0.2) is 10.7 Å². The zero-order valence-corrected chi connectivity index (χ0v) is 11.8. The number of carboxylic acids is 1. The highest BCUT2D eigenvalue weighted by Gasteiger charge is 2.16. The molecule has 2 rings (SSSR count). The summed E-state index contributed by atoms with van der Waals surface area (Å²) in [6.45, 7) is 1.91. The van der Waals surface area contributed by atoms with Crippen molar-refractivity contribution in [3.8, 4) is 0 Å². The van der Waals surface area contributed by atoms with Crippen LogP contribution in [0.3, 0.4) is 0 Å². The highest BCUT2D eigenvalue weighted by Crippen LogP contribution is 2.13. The molecule has 7 heteroatoms. The number of hydrogen-bond acceptors (Lipinski definition) is 5. The summed E-state index contributed by atoms with van der Waals surface area (Å²) in [6, 6.07) is 3.96. The topological polar surface area (TPSA) is 79.3 Å². The van der Waals surface area contributed by atoms with Gasteiger partial charge in [-0.15, -0.1) is 22.7 Å². The van der Waals surface area contributed by atoms with Crippen molar-refractivity contribution in [1.82, 2.24) is 10.3 Å². The lowest BCUT2D eigenvalue weighted by atomic mass is 10.2. The van der Waals surface area contributed by atoms with Gasteiger partial charge in [-0.1, -0.05) is 6.07 Å². The van der Waals surface area contributed by atoms with E-state index in [0.29, 0.717) is 0 Å². The highest BCUT2D eigenvalue weighted by atomic mass is 32.1. The summed E-state index contributed by atoms with van der Waals surface area (Å²) in [5.74, 6) is -1.46. The van der Waals surface area contributed by atoms with Gasteiger partial charge < -0.3 is 10.4 Å². The maximum atomic E-state index is 11.9. The van der Waals surface area contributed by atoms with Crippen LogP contribution in [0.2, 0.25) is 0 Å². The summed E-state index contributed by atoms with van der Waals surface area (Å²) >= 11 is 2.67. The number of carbonyl (C=O) groups excluding carboxylic acids is 1. The molecule has 2 N–H and O–H groups in total. The van der Waals surface area contributed by atoms with Crippen LogP contribution in [0.4, 0.5) is 0 Å². The van der Waals surface area contributed by atoms with Crippen molar-refractivity contribution >= 4 is 34.6 Å². The Morgan fingerprint density at radius 2 is 2.26 bits per heavy atom. The smallest absolute Gasteiger partial charge is 0.355 e. The zero-order valence-electron chi connectivity index (χ0n) is 10.1. The number of rotatable bonds is 5. The van der Waals surface area contributed by atoms with Gasteiger partial charge in [-0.05, 0) is 18.4 Å². The molecule has 0 aromatic carbocycles. The summed E-state index contributed by atoms with van der Waals surface area (Å²) in [5.41, 5.74) is -0.0962. The summed E-state index contributed by atoms with van der Waals surface area (Å²) in [6.07, 6.45) is 0.751. The van der Waals surface area contributed by atoms with E-state index in [-0.39, 0.29) is 22.7 Å². The van der Waals surface area contributed by atoms with Crippen LogP contribution in [0.25, 0.3) is 0 Å². The quantitative estimate of drug-likeness (QED) is 0.887. The first-order valence-electron chi connectivity index (χ1n) is 5.58. The third kappa shape index (κ3) is 3.62. The first kappa shape index (κ1) is 13.7. The van der Waals surface area contributed by atoms with Crippen LogP contribution in [0.1, 0.15) is 32.1 Å². The van der Waals surface area contributed by atoms with E-state index in [1.807, 2.05) is 24.4 Å². The lowest BCUT2D eigenvalue weighted by Gasteiger charge is -2.11. The van der Waals surface area contributed by atoms with Crippen LogP contribution in [0.5, 0.6) is 0 Å². The van der Waals surface area contributed by atoms with Crippen molar-refractivity contribution in [3.63, 3.8) is 0 Å². The van der Waals surface area contributed by atoms with Gasteiger partial charge in [-0.25, -0.2) is 9.78 Å². The number of carbonyl (C=O) groups is 2. The lowest BCUT2D eigenvalue weighted by molar-refractivity contribution is 0.0691. The number of thiophene rings is 1. The Morgan fingerprint density at radius 1 is 1.47 bits per heavy atom. The number of aromatic nitrogens is 1. The van der Waals surface area contributed by atoms with E-state index in [2.05, 4.69) is 10.3 Å². The average Bonchev–Trinajstić information content (AvgIpc) is 2.98. The molecule has 0 radical (unpaired) electrons. The fourth-order valence-electron chi connectivity index (χ4n) is 1.54. The van der Waals surface area contributed by atoms with Gasteiger partial charge in [0.25, 0.3) is 5.91 Å². The zero-order chi connectivity index (χ0) is 13.8. The molecule has 0 bridgehead atoms. The number of nitrogens with zero attached hydrogens (tertiary/aromatic N) is 1. The maximum Gasteiger partial charge on any atom is 0.355 e. The molecule has 5 nitrogen and oxygen atoms in total. The molecule has 1 atom stereocenters. The normalized spacial score (nSPS) is 12.1. The lowest BCUT2D eigenvalue weighted by Crippen LogP contribution is -2.33. The van der Waals surface area contributed by atoms with Crippen LogP contribution < -0.4 is 5.32 Å². The van der Waals surface area contributed by atoms with Crippen LogP contribution in [-0.4, -0.2) is 28.0 Å². The molecule has 0 aliphatic heterocycles. The van der Waals surface area contributed by atoms with Crippen molar-refractivity contribution < 1.29 is 14.7 Å². The second-order valence-electron chi connectivity index (χ2n) is 4.00. The molecule has 19 heavy (non-hydrogen) atoms. The molecule has 0 spiro atoms. The van der Waals surface area contributed by atoms with E-state index in [1.165, 1.54) is 10.3 Å². The van der Waals surface area contributed by atoms with Gasteiger partial charge in [-0.2, -0.15) is 0 Å². The summed E-state index contributed by atoms with van der Waals surface area (Å²) in [5, 5.41) is 15.1. The van der Waals surface area contributed by atoms with Gasteiger partial charge in [0.1, 0.15) is 0 Å². The number of carboxylic acid groups (broad SMARTS) is 1. The van der Waals surface area contributed by atoms with Crippen molar-refractivity contribution in [2.75, 3.05) is 0 Å². The molecular formula is C12H12N2O3S2. The molecule has 0 fully saturated rings. The summed E-state index contributed by atoms with van der Waals surface area (Å²) in [7, 11) is 0. The Balaban J connectivity index is 1.94. The second kappa shape index (κ2) is 5.94. The predicted octanol–water partition coefficient (Wildman–Crippen LogP) is 2.26. The van der Waals surface area contributed by atoms with Crippen molar-refractivity contribution in [2.45, 2.75) is 19.4 Å². The first-order valence-corrected chi connectivity index (χ1v) is 7.34. The Hall–Kier alpha value is -1.73. The Morgan fingerprint density at radius 3 is 2.84 bits per heavy atom. The summed E-state index contributed by atoms with van der Waals surface area (Å²) in [4.78, 5) is 27.5. The molecule has 100 valence electrons. The predicted molar refractivity (Wildman–Crippen MR) is 74.0 cm³/mol. The second-order valence-corrected chi connectivity index (χ2v) is 5.89. The molecule has 2 aromatic heterocycles. The van der Waals surface area contributed by atoms with Gasteiger partial charge in [0, 0.05) is 22.7 Å². The van der Waals surface area contributed by atoms with Crippen molar-refractivity contribution in [3.05, 3.63) is 38.5 Å². The Bertz CT molecular complexity index is 578. The molecule has 1 unspecified atom stereocenters. The summed E-state index contributed by atoms with van der Waals surface area (Å²) < 4.78 is 0. The molecule has 2 aromatic rings. The van der Waals surface area contributed by atoms with E-state index in [9.17, 15) is 9.59 Å². The van der Waals surface area contributed by atoms with Crippen LogP contribution >= 0.6 is 22.7 Å². The number of nitrogens with one attached hydrogen (secondary N) is 1. The largest absolute Gasteiger partial charge is 0.476 e. The van der Waals surface area contributed by atoms with E-state index < -0.39 is 5.97 Å². The fraction of sp³-hybridized carbons (Fsp3) is 0.250. The molecular weight excluding hydrogens is 284 g/mol. The van der Waals surface area contributed by atoms with Gasteiger partial charge in [-0.3, -0.25) is 4.79 Å². The molecule has 1 amide bonds. The van der Waals surface area contributed by atoms with E-state index in [1.54, 1.807) is 11.3 Å². The minimum atomic E-state index is -1.12. The SMILES string of the molecule is CC(Cc1cccs1)NC(=O)c1nc(C(=O)O)cs1. The standard InChI is InChI=1S/C12H12N2O3S2/c1-7(5-8-3-2-4-18-8)13-10(15)11-14-9(6-19-11)12(16)17/h2-4,6-7H,5H2,1H3,(H,13,15)(H,16,17). The van der Waals surface area contributed by atoms with Gasteiger partial charge in [0.05, 0.1) is 0 Å². The molecule has 0 saturated heterocycles. The maximum absolute atomic E-state index is 11.9. The van der Waals surface area contributed by atoms with Crippen LogP contribution in [0, 0.1) is 0 Å². The monoisotopic (exact) mass is 296 g/mol. The Kier molecular flexibility index (Phi) is 4.28. The van der Waals surface area contributed by atoms with Crippen molar-refractivity contribution in [1.29, 1.82) is 0 Å². The van der Waals surface area contributed by atoms with E-state index >= 15 is 0 Å². The van der Waals surface area contributed by atoms with Gasteiger partial charge >= 0.3 is 5.97 Å². The van der Waals surface area contributed by atoms with Crippen LogP contribution in [0.15, 0.2) is 22.9 Å². The molecule has 0 saturated carbocycles. The molecule has 2 heterocycles. The van der Waals surface area contributed by atoms with E-state index in [0.717, 1.165) is 17.8 Å². The minimum absolute atomic E-state index is 0.0247. The average molecular weight is 296 g/mol. The van der Waals surface area contributed by atoms with Gasteiger partial charge in [0.2, 0.25) is 0 Å². The highest BCUT2D eigenvalue weighted by molar-refractivity contribution is 7.11. The molecule has 0 aliphatic rings. The fourth-order valence-corrected chi connectivity index (χ4v) is 3.07. The number of thiazole rings is 1. The Labute approximate surface area is 117 Å². The van der Waals surface area contributed by atoms with Crippen molar-refractivity contribution in [2.24, 2.45) is 0 Å². The third-order valence-corrected chi connectivity index (χ3v) is 4.12. The minimum Gasteiger partial charge on any atom is -0.476 e. The third-order valence-electron chi connectivity index (χ3n) is 2.38. The number of amides is 1. The number of aromatic carboxylic acids is 1. The molecule has 0 aliphatic carbocycles. The number of hydrogen-bond donors (Lipinski definition) is 2. The first-order chi connectivity index (χ1) is 9.06. The van der Waals surface area contributed by atoms with Crippen LogP contribution in [-0.2, 0) is 6.42 Å². The van der Waals surface area contributed by atoms with E-state index in [4.69, 9.17) is 5.11 Å².